The first-order valence-electron chi connectivity index (χ1n) is 6.77. The van der Waals surface area contributed by atoms with Gasteiger partial charge in [0.25, 0.3) is 0 Å². The summed E-state index contributed by atoms with van der Waals surface area (Å²) in [5, 5.41) is 18.1. The van der Waals surface area contributed by atoms with Gasteiger partial charge < -0.3 is 20.3 Å². The molecule has 0 saturated heterocycles. The first kappa shape index (κ1) is 14.4. The maximum atomic E-state index is 11.9. The standard InChI is InChI=1S/C13H19N3O4/c17-11(18)8-13(5-2-1-3-6-13)16-12(19)14-9-10-4-7-15-20-10/h4,7H,1-3,5-6,8-9H2,(H,17,18)(H2,14,16,19). The van der Waals surface area contributed by atoms with Gasteiger partial charge in [0, 0.05) is 6.07 Å². The molecule has 0 aromatic carbocycles. The molecular weight excluding hydrogens is 262 g/mol. The molecule has 0 atom stereocenters. The average Bonchev–Trinajstić information content (AvgIpc) is 2.89. The Bertz CT molecular complexity index is 452. The molecule has 2 rings (SSSR count). The highest BCUT2D eigenvalue weighted by Gasteiger charge is 2.35. The molecule has 0 spiro atoms. The van der Waals surface area contributed by atoms with Gasteiger partial charge >= 0.3 is 12.0 Å². The predicted molar refractivity (Wildman–Crippen MR) is 69.9 cm³/mol. The largest absolute Gasteiger partial charge is 0.481 e. The van der Waals surface area contributed by atoms with Crippen LogP contribution in [0.15, 0.2) is 16.8 Å². The number of carbonyl (C=O) groups is 2. The van der Waals surface area contributed by atoms with Crippen LogP contribution in [-0.4, -0.2) is 27.8 Å². The Balaban J connectivity index is 1.89. The third-order valence-electron chi connectivity index (χ3n) is 3.59. The molecule has 1 aliphatic rings. The Morgan fingerprint density at radius 2 is 2.10 bits per heavy atom. The Kier molecular flexibility index (Phi) is 4.60. The molecule has 7 heteroatoms. The molecule has 1 aliphatic carbocycles. The van der Waals surface area contributed by atoms with Crippen LogP contribution in [0.5, 0.6) is 0 Å². The van der Waals surface area contributed by atoms with E-state index < -0.39 is 11.5 Å². The zero-order valence-corrected chi connectivity index (χ0v) is 11.2. The lowest BCUT2D eigenvalue weighted by molar-refractivity contribution is -0.139. The number of aliphatic carboxylic acids is 1. The third-order valence-corrected chi connectivity index (χ3v) is 3.59. The summed E-state index contributed by atoms with van der Waals surface area (Å²) in [4.78, 5) is 22.9. The van der Waals surface area contributed by atoms with Crippen LogP contribution in [0.2, 0.25) is 0 Å². The van der Waals surface area contributed by atoms with E-state index in [9.17, 15) is 9.59 Å². The lowest BCUT2D eigenvalue weighted by atomic mass is 9.79. The number of aromatic nitrogens is 1. The number of amides is 2. The number of carboxylic acids is 1. The fourth-order valence-corrected chi connectivity index (χ4v) is 2.65. The second-order valence-electron chi connectivity index (χ2n) is 5.20. The molecule has 7 nitrogen and oxygen atoms in total. The van der Waals surface area contributed by atoms with Crippen molar-refractivity contribution in [1.29, 1.82) is 0 Å². The van der Waals surface area contributed by atoms with Crippen LogP contribution < -0.4 is 10.6 Å². The van der Waals surface area contributed by atoms with Crippen molar-refractivity contribution in [2.24, 2.45) is 0 Å². The van der Waals surface area contributed by atoms with Gasteiger partial charge in [-0.2, -0.15) is 0 Å². The van der Waals surface area contributed by atoms with E-state index in [0.717, 1.165) is 19.3 Å². The van der Waals surface area contributed by atoms with E-state index >= 15 is 0 Å². The predicted octanol–water partition coefficient (Wildman–Crippen LogP) is 1.65. The Hall–Kier alpha value is -2.05. The van der Waals surface area contributed by atoms with Crippen molar-refractivity contribution in [1.82, 2.24) is 15.8 Å². The van der Waals surface area contributed by atoms with Crippen molar-refractivity contribution in [3.8, 4) is 0 Å². The minimum atomic E-state index is -0.887. The van der Waals surface area contributed by atoms with Crippen molar-refractivity contribution in [2.45, 2.75) is 50.6 Å². The third kappa shape index (κ3) is 3.97. The second kappa shape index (κ2) is 6.40. The van der Waals surface area contributed by atoms with E-state index in [0.29, 0.717) is 18.6 Å². The topological polar surface area (TPSA) is 104 Å². The first-order valence-corrected chi connectivity index (χ1v) is 6.77. The molecule has 3 N–H and O–H groups in total. The average molecular weight is 281 g/mol. The maximum Gasteiger partial charge on any atom is 0.315 e. The highest BCUT2D eigenvalue weighted by Crippen LogP contribution is 2.31. The zero-order chi connectivity index (χ0) is 14.4. The maximum absolute atomic E-state index is 11.9. The molecule has 1 heterocycles. The number of carbonyl (C=O) groups excluding carboxylic acids is 1. The van der Waals surface area contributed by atoms with Crippen molar-refractivity contribution in [3.63, 3.8) is 0 Å². The molecule has 0 unspecified atom stereocenters. The fraction of sp³-hybridized carbons (Fsp3) is 0.615. The summed E-state index contributed by atoms with van der Waals surface area (Å²) >= 11 is 0. The second-order valence-corrected chi connectivity index (χ2v) is 5.20. The summed E-state index contributed by atoms with van der Waals surface area (Å²) in [7, 11) is 0. The van der Waals surface area contributed by atoms with Gasteiger partial charge in [-0.3, -0.25) is 4.79 Å². The normalized spacial score (nSPS) is 17.4. The quantitative estimate of drug-likeness (QED) is 0.761. The van der Waals surface area contributed by atoms with Gasteiger partial charge in [-0.25, -0.2) is 4.79 Å². The van der Waals surface area contributed by atoms with Crippen LogP contribution in [-0.2, 0) is 11.3 Å². The number of hydrogen-bond donors (Lipinski definition) is 3. The van der Waals surface area contributed by atoms with Gasteiger partial charge in [0.15, 0.2) is 5.76 Å². The SMILES string of the molecule is O=C(O)CC1(NC(=O)NCc2ccno2)CCCCC1. The molecular formula is C13H19N3O4. The molecule has 1 fully saturated rings. The van der Waals surface area contributed by atoms with Gasteiger partial charge in [-0.1, -0.05) is 24.4 Å². The molecule has 110 valence electrons. The molecule has 0 bridgehead atoms. The fourth-order valence-electron chi connectivity index (χ4n) is 2.65. The van der Waals surface area contributed by atoms with Crippen molar-refractivity contribution in [2.75, 3.05) is 0 Å². The van der Waals surface area contributed by atoms with Crippen LogP contribution in [0.4, 0.5) is 4.79 Å². The summed E-state index contributed by atoms with van der Waals surface area (Å²) in [6.45, 7) is 0.231. The minimum absolute atomic E-state index is 0.0390. The molecule has 1 saturated carbocycles. The molecule has 0 aliphatic heterocycles. The van der Waals surface area contributed by atoms with Crippen LogP contribution in [0.1, 0.15) is 44.3 Å². The van der Waals surface area contributed by atoms with E-state index in [1.165, 1.54) is 6.20 Å². The smallest absolute Gasteiger partial charge is 0.315 e. The molecule has 0 radical (unpaired) electrons. The molecule has 1 aromatic heterocycles. The molecule has 1 aromatic rings. The highest BCUT2D eigenvalue weighted by atomic mass is 16.5. The van der Waals surface area contributed by atoms with Crippen LogP contribution in [0.3, 0.4) is 0 Å². The number of urea groups is 1. The minimum Gasteiger partial charge on any atom is -0.481 e. The lowest BCUT2D eigenvalue weighted by Crippen LogP contribution is -2.54. The van der Waals surface area contributed by atoms with Gasteiger partial charge in [0.2, 0.25) is 0 Å². The monoisotopic (exact) mass is 281 g/mol. The zero-order valence-electron chi connectivity index (χ0n) is 11.2. The molecule has 20 heavy (non-hydrogen) atoms. The van der Waals surface area contributed by atoms with Gasteiger partial charge in [-0.05, 0) is 12.8 Å². The van der Waals surface area contributed by atoms with Crippen LogP contribution >= 0.6 is 0 Å². The number of hydrogen-bond acceptors (Lipinski definition) is 4. The number of nitrogens with zero attached hydrogens (tertiary/aromatic N) is 1. The summed E-state index contributed by atoms with van der Waals surface area (Å²) in [6, 6.07) is 1.29. The number of nitrogens with one attached hydrogen (secondary N) is 2. The summed E-state index contributed by atoms with van der Waals surface area (Å²) < 4.78 is 4.88. The van der Waals surface area contributed by atoms with E-state index in [1.807, 2.05) is 0 Å². The number of carboxylic acid groups (broad SMARTS) is 1. The summed E-state index contributed by atoms with van der Waals surface area (Å²) in [6.07, 6.45) is 5.84. The Morgan fingerprint density at radius 3 is 2.70 bits per heavy atom. The van der Waals surface area contributed by atoms with Crippen LogP contribution in [0.25, 0.3) is 0 Å². The first-order chi connectivity index (χ1) is 9.60. The summed E-state index contributed by atoms with van der Waals surface area (Å²) in [5.74, 6) is -0.335. The van der Waals surface area contributed by atoms with Crippen molar-refractivity contribution < 1.29 is 19.2 Å². The van der Waals surface area contributed by atoms with Gasteiger partial charge in [0.05, 0.1) is 24.7 Å². The van der Waals surface area contributed by atoms with E-state index in [4.69, 9.17) is 9.63 Å². The van der Waals surface area contributed by atoms with Gasteiger partial charge in [0.1, 0.15) is 0 Å². The summed E-state index contributed by atoms with van der Waals surface area (Å²) in [5.41, 5.74) is -0.629. The van der Waals surface area contributed by atoms with Crippen molar-refractivity contribution in [3.05, 3.63) is 18.0 Å². The van der Waals surface area contributed by atoms with E-state index in [-0.39, 0.29) is 19.0 Å². The lowest BCUT2D eigenvalue weighted by Gasteiger charge is -2.36. The van der Waals surface area contributed by atoms with E-state index in [2.05, 4.69) is 15.8 Å². The number of rotatable bonds is 5. The van der Waals surface area contributed by atoms with Crippen molar-refractivity contribution >= 4 is 12.0 Å². The highest BCUT2D eigenvalue weighted by molar-refractivity contribution is 5.76. The molecule has 2 amide bonds. The van der Waals surface area contributed by atoms with E-state index in [1.54, 1.807) is 6.07 Å². The Labute approximate surface area is 116 Å². The van der Waals surface area contributed by atoms with Crippen LogP contribution in [0, 0.1) is 0 Å². The van der Waals surface area contributed by atoms with Gasteiger partial charge in [-0.15, -0.1) is 0 Å². The Morgan fingerprint density at radius 1 is 1.35 bits per heavy atom.